The second kappa shape index (κ2) is 44.9. The Labute approximate surface area is 548 Å². The van der Waals surface area contributed by atoms with Crippen molar-refractivity contribution >= 4 is 46.8 Å². The molecule has 9 N–H and O–H groups in total. The minimum Gasteiger partial charge on any atom is -0.870 e. The van der Waals surface area contributed by atoms with Crippen molar-refractivity contribution < 1.29 is 102 Å². The molecule has 7 heterocycles. The van der Waals surface area contributed by atoms with Crippen LogP contribution < -0.4 is 59.7 Å². The number of hydrogen-bond acceptors (Lipinski definition) is 26. The zero-order chi connectivity index (χ0) is 64.7. The van der Waals surface area contributed by atoms with E-state index in [1.54, 1.807) is 114 Å². The molecule has 6 aromatic rings. The number of amidine groups is 1. The van der Waals surface area contributed by atoms with E-state index < -0.39 is 23.5 Å². The molecular formula is C60H72ClN13NaO15-. The maximum absolute atomic E-state index is 12.1. The number of aliphatic hydroxyl groups is 2. The summed E-state index contributed by atoms with van der Waals surface area (Å²) >= 11 is 5.53. The number of hydroxylamine groups is 2. The Bertz CT molecular complexity index is 3230. The van der Waals surface area contributed by atoms with Crippen LogP contribution in [0.5, 0.6) is 23.0 Å². The summed E-state index contributed by atoms with van der Waals surface area (Å²) < 4.78 is 36.5. The molecule has 0 bridgehead atoms. The Morgan fingerprint density at radius 3 is 1.60 bits per heavy atom. The first-order chi connectivity index (χ1) is 42.2. The predicted molar refractivity (Wildman–Crippen MR) is 323 cm³/mol. The van der Waals surface area contributed by atoms with Crippen molar-refractivity contribution in [2.45, 2.75) is 65.8 Å². The van der Waals surface area contributed by atoms with Crippen LogP contribution in [-0.4, -0.2) is 159 Å². The molecule has 30 heteroatoms. The molecule has 1 unspecified atom stereocenters. The van der Waals surface area contributed by atoms with Crippen molar-refractivity contribution in [2.24, 2.45) is 5.90 Å². The Morgan fingerprint density at radius 1 is 0.711 bits per heavy atom. The minimum absolute atomic E-state index is 0. The zero-order valence-electron chi connectivity index (χ0n) is 50.7. The van der Waals surface area contributed by atoms with E-state index in [0.29, 0.717) is 93.2 Å². The molecule has 5 aromatic heterocycles. The summed E-state index contributed by atoms with van der Waals surface area (Å²) in [6.07, 6.45) is 10.4. The number of carbonyl (C=O) groups is 3. The van der Waals surface area contributed by atoms with Crippen LogP contribution in [0.1, 0.15) is 103 Å². The molecule has 1 fully saturated rings. The van der Waals surface area contributed by atoms with Crippen molar-refractivity contribution in [1.82, 2.24) is 35.3 Å². The Balaban J connectivity index is 0.000000558. The number of imide groups is 1. The smallest absolute Gasteiger partial charge is 0.870 e. The summed E-state index contributed by atoms with van der Waals surface area (Å²) in [7, 11) is 0. The number of pyridine rings is 5. The van der Waals surface area contributed by atoms with Crippen LogP contribution in [0.4, 0.5) is 4.79 Å². The predicted octanol–water partition coefficient (Wildman–Crippen LogP) is 4.24. The molecule has 1 saturated heterocycles. The number of fused-ring (bicyclic) bond motifs is 1. The molecule has 8 rings (SSSR count). The van der Waals surface area contributed by atoms with Gasteiger partial charge in [0.15, 0.2) is 12.1 Å². The molecule has 2 aliphatic rings. The molecule has 2 aliphatic heterocycles. The van der Waals surface area contributed by atoms with E-state index in [2.05, 4.69) is 42.0 Å². The van der Waals surface area contributed by atoms with E-state index in [4.69, 9.17) is 92.5 Å². The maximum Gasteiger partial charge on any atom is 1.00 e. The Kier molecular flexibility index (Phi) is 39.7. The fraction of sp³-hybridized carbons (Fsp3) is 0.333. The molecule has 0 radical (unpaired) electrons. The van der Waals surface area contributed by atoms with Crippen LogP contribution in [0.25, 0.3) is 0 Å². The van der Waals surface area contributed by atoms with Crippen LogP contribution in [0.3, 0.4) is 0 Å². The monoisotopic (exact) mass is 1270 g/mol. The van der Waals surface area contributed by atoms with Gasteiger partial charge in [-0.1, -0.05) is 30.3 Å². The number of benzene rings is 1. The summed E-state index contributed by atoms with van der Waals surface area (Å²) in [6.45, 7) is 14.6. The number of nitriles is 2. The first kappa shape index (κ1) is 79.6. The number of amides is 3. The molecule has 0 saturated carbocycles. The van der Waals surface area contributed by atoms with E-state index >= 15 is 0 Å². The molecule has 1 atom stereocenters. The van der Waals surface area contributed by atoms with Crippen LogP contribution in [0.15, 0.2) is 116 Å². The summed E-state index contributed by atoms with van der Waals surface area (Å²) in [6, 6.07) is 26.5. The minimum atomic E-state index is -0.717. The number of aliphatic hydroxyl groups excluding tert-OH is 2. The molecule has 1 aromatic carbocycles. The van der Waals surface area contributed by atoms with Gasteiger partial charge in [0.25, 0.3) is 11.8 Å². The van der Waals surface area contributed by atoms with Gasteiger partial charge in [-0.2, -0.15) is 10.5 Å². The topological polar surface area (TPSA) is 430 Å². The second-order valence-electron chi connectivity index (χ2n) is 18.5. The largest absolute Gasteiger partial charge is 1.00 e. The molecule has 28 nitrogen and oxygen atoms in total. The number of carbonyl (C=O) groups excluding carboxylic acids is 3. The van der Waals surface area contributed by atoms with Gasteiger partial charge in [0.05, 0.1) is 47.2 Å². The average molecular weight is 1270 g/mol. The van der Waals surface area contributed by atoms with Gasteiger partial charge in [0.1, 0.15) is 97.5 Å². The van der Waals surface area contributed by atoms with Crippen molar-refractivity contribution in [2.75, 3.05) is 66.1 Å². The number of halogens is 1. The fourth-order valence-corrected chi connectivity index (χ4v) is 6.79. The standard InChI is InChI=1S/C17H15N3O4.C13H19N3O4.C9H13N3O2.C8H8N2O2.C7H13O2.C6H3ClN2.Na.H2O/c1-11(18)15-10-12(6-7-19-15)23-8-9-24-20-16(21)13-4-2-3-5-14(13)17(20)22;1-13(2,3)20-12(18)16-11(14)10-8-9(4-5-15-10)19-7-6-17;1-7(10)9-6-8(2-3-12-9)13-4-5-14-11;9-6-7-5-8(1-2-10-7)12-4-3-11;1-2-8-7-5-3-4-6-9-7;7-5-1-2-9-6(3-5)4-8;;/h2-7,10,18H,8-9H2,1H3;4-5,8,17H,6-7H2,1-3H3,(H2,14,16,18);2-3,6,10H,4-5,11H2,1H3;1-2,5,11H,3-4H2;7H,1-6H2;1-3H;;1H2/q;;;;-1;;+1;/p-1. The number of nitrogens with zero attached hydrogens (tertiary/aromatic N) is 8. The first-order valence-electron chi connectivity index (χ1n) is 26.9. The third-order valence-corrected chi connectivity index (χ3v) is 10.7. The van der Waals surface area contributed by atoms with Gasteiger partial charge in [0.2, 0.25) is 0 Å². The SMILES string of the molecule is CC(=N)c1cc(OCCON)ccn1.CC(=N)c1cc(OCCON2C(=O)c3ccccc3C2=O)ccn1.CC(C)(C)OC(=O)NC(=N)c1cc(OCCO)ccn1.N#Cc1cc(Cl)ccn1.N#Cc1cc(OCCO)ccn1.[CH2-]COC1CCCCO1.[Na+].[OH-]. The Morgan fingerprint density at radius 2 is 1.17 bits per heavy atom. The second-order valence-corrected chi connectivity index (χ2v) is 18.9. The molecule has 3 amide bonds. The van der Waals surface area contributed by atoms with Crippen molar-refractivity contribution in [3.05, 3.63) is 167 Å². The fourth-order valence-electron chi connectivity index (χ4n) is 6.63. The molecule has 0 aliphatic carbocycles. The number of aromatic nitrogens is 5. The van der Waals surface area contributed by atoms with Gasteiger partial charge in [0, 0.05) is 66.9 Å². The number of nitrogens with two attached hydrogens (primary N) is 1. The summed E-state index contributed by atoms with van der Waals surface area (Å²) in [5, 5.41) is 60.2. The van der Waals surface area contributed by atoms with Gasteiger partial charge < -0.3 is 71.4 Å². The van der Waals surface area contributed by atoms with Crippen LogP contribution in [-0.2, 0) is 23.9 Å². The van der Waals surface area contributed by atoms with Gasteiger partial charge >= 0.3 is 35.7 Å². The summed E-state index contributed by atoms with van der Waals surface area (Å²) in [5.74, 6) is 5.93. The first-order valence-corrected chi connectivity index (χ1v) is 27.3. The van der Waals surface area contributed by atoms with E-state index in [0.717, 1.165) is 18.1 Å². The van der Waals surface area contributed by atoms with Crippen molar-refractivity contribution in [3.8, 4) is 35.1 Å². The Hall–Kier alpha value is -8.46. The molecular weight excluding hydrogens is 1200 g/mol. The number of ether oxygens (including phenoxy) is 7. The van der Waals surface area contributed by atoms with Gasteiger partial charge in [-0.15, -0.1) is 5.06 Å². The quantitative estimate of drug-likeness (QED) is 0.0107. The maximum atomic E-state index is 12.1. The zero-order valence-corrected chi connectivity index (χ0v) is 53.5. The van der Waals surface area contributed by atoms with Gasteiger partial charge in [-0.25, -0.2) is 20.7 Å². The van der Waals surface area contributed by atoms with Crippen molar-refractivity contribution in [3.63, 3.8) is 0 Å². The number of rotatable bonds is 20. The van der Waals surface area contributed by atoms with Crippen LogP contribution in [0.2, 0.25) is 5.02 Å². The van der Waals surface area contributed by atoms with E-state index in [1.807, 2.05) is 12.1 Å². The summed E-state index contributed by atoms with van der Waals surface area (Å²) in [4.78, 5) is 64.8. The third kappa shape index (κ3) is 31.6. The normalized spacial score (nSPS) is 12.3. The molecule has 476 valence electrons. The van der Waals surface area contributed by atoms with Crippen molar-refractivity contribution in [1.29, 1.82) is 26.8 Å². The molecule has 90 heavy (non-hydrogen) atoms. The van der Waals surface area contributed by atoms with Crippen LogP contribution >= 0.6 is 11.6 Å². The number of nitrogens with one attached hydrogen (secondary N) is 4. The van der Waals surface area contributed by atoms with E-state index in [-0.39, 0.29) is 92.5 Å². The molecule has 0 spiro atoms. The number of hydrogen-bond donors (Lipinski definition) is 7. The third-order valence-electron chi connectivity index (χ3n) is 10.5. The number of alkyl carbamates (subject to hydrolysis) is 1. The van der Waals surface area contributed by atoms with E-state index in [1.165, 1.54) is 49.6 Å². The van der Waals surface area contributed by atoms with E-state index in [9.17, 15) is 14.4 Å². The van der Waals surface area contributed by atoms with Crippen LogP contribution in [0, 0.1) is 45.8 Å². The average Bonchev–Trinajstić information content (AvgIpc) is 2.06. The van der Waals surface area contributed by atoms with Gasteiger partial charge in [-0.05, 0) is 102 Å². The van der Waals surface area contributed by atoms with Gasteiger partial charge in [-0.3, -0.25) is 40.1 Å². The summed E-state index contributed by atoms with van der Waals surface area (Å²) in [5.41, 5.74) is 2.81.